The average Bonchev–Trinajstić information content (AvgIpc) is 3.33. The van der Waals surface area contributed by atoms with Crippen molar-refractivity contribution in [2.24, 2.45) is 11.8 Å². The van der Waals surface area contributed by atoms with Crippen LogP contribution in [0.25, 0.3) is 0 Å². The lowest BCUT2D eigenvalue weighted by Crippen LogP contribution is -2.25. The van der Waals surface area contributed by atoms with E-state index in [0.717, 1.165) is 24.2 Å². The average molecular weight is 338 g/mol. The molecule has 0 heterocycles. The van der Waals surface area contributed by atoms with Gasteiger partial charge >= 0.3 is 5.97 Å². The lowest BCUT2D eigenvalue weighted by Gasteiger charge is -2.19. The largest absolute Gasteiger partial charge is 0.489 e. The standard InChI is InChI=1S/C22H26O3/c1-22(2,3)25-21(23)20-14-18(20)13-16-9-11-19(12-10-16)24-15-17-7-5-4-6-8-17/h4-12,18,20H,13-15H2,1-3H3/t18-,20+/m1/s1. The van der Waals surface area contributed by atoms with Gasteiger partial charge in [0.2, 0.25) is 0 Å². The van der Waals surface area contributed by atoms with Gasteiger partial charge in [-0.15, -0.1) is 0 Å². The molecule has 2 atom stereocenters. The van der Waals surface area contributed by atoms with Gasteiger partial charge in [-0.1, -0.05) is 42.5 Å². The summed E-state index contributed by atoms with van der Waals surface area (Å²) >= 11 is 0. The molecule has 1 aliphatic carbocycles. The summed E-state index contributed by atoms with van der Waals surface area (Å²) in [6, 6.07) is 18.3. The van der Waals surface area contributed by atoms with E-state index in [1.807, 2.05) is 51.1 Å². The van der Waals surface area contributed by atoms with Crippen LogP contribution in [0.15, 0.2) is 54.6 Å². The van der Waals surface area contributed by atoms with E-state index in [1.165, 1.54) is 5.56 Å². The minimum Gasteiger partial charge on any atom is -0.489 e. The number of carbonyl (C=O) groups is 1. The highest BCUT2D eigenvalue weighted by Crippen LogP contribution is 2.42. The molecule has 25 heavy (non-hydrogen) atoms. The predicted molar refractivity (Wildman–Crippen MR) is 98.4 cm³/mol. The van der Waals surface area contributed by atoms with Crippen LogP contribution in [-0.2, 0) is 22.6 Å². The van der Waals surface area contributed by atoms with Gasteiger partial charge in [0.05, 0.1) is 5.92 Å². The first kappa shape index (κ1) is 17.5. The van der Waals surface area contributed by atoms with Crippen molar-refractivity contribution >= 4 is 5.97 Å². The SMILES string of the molecule is CC(C)(C)OC(=O)[C@H]1C[C@H]1Cc1ccc(OCc2ccccc2)cc1. The normalized spacial score (nSPS) is 19.3. The van der Waals surface area contributed by atoms with E-state index in [2.05, 4.69) is 24.3 Å². The summed E-state index contributed by atoms with van der Waals surface area (Å²) in [6.07, 6.45) is 1.85. The zero-order chi connectivity index (χ0) is 17.9. The fourth-order valence-electron chi connectivity index (χ4n) is 2.90. The minimum atomic E-state index is -0.401. The molecule has 0 bridgehead atoms. The van der Waals surface area contributed by atoms with E-state index in [4.69, 9.17) is 9.47 Å². The molecule has 0 radical (unpaired) electrons. The Bertz CT molecular complexity index is 698. The third-order valence-corrected chi connectivity index (χ3v) is 4.30. The summed E-state index contributed by atoms with van der Waals surface area (Å²) in [6.45, 7) is 6.31. The number of hydrogen-bond acceptors (Lipinski definition) is 3. The third kappa shape index (κ3) is 5.35. The van der Waals surface area contributed by atoms with Crippen molar-refractivity contribution in [3.05, 3.63) is 65.7 Å². The molecule has 0 aliphatic heterocycles. The zero-order valence-corrected chi connectivity index (χ0v) is 15.2. The highest BCUT2D eigenvalue weighted by Gasteiger charge is 2.44. The van der Waals surface area contributed by atoms with Crippen molar-refractivity contribution in [2.75, 3.05) is 0 Å². The molecule has 0 spiro atoms. The summed E-state index contributed by atoms with van der Waals surface area (Å²) in [5, 5.41) is 0. The third-order valence-electron chi connectivity index (χ3n) is 4.30. The van der Waals surface area contributed by atoms with Gasteiger partial charge in [0.15, 0.2) is 0 Å². The monoisotopic (exact) mass is 338 g/mol. The highest BCUT2D eigenvalue weighted by molar-refractivity contribution is 5.76. The smallest absolute Gasteiger partial charge is 0.309 e. The van der Waals surface area contributed by atoms with E-state index in [1.54, 1.807) is 0 Å². The van der Waals surface area contributed by atoms with Crippen LogP contribution in [0.2, 0.25) is 0 Å². The lowest BCUT2D eigenvalue weighted by molar-refractivity contribution is -0.156. The second-order valence-electron chi connectivity index (χ2n) is 7.76. The first-order chi connectivity index (χ1) is 11.9. The van der Waals surface area contributed by atoms with E-state index < -0.39 is 5.60 Å². The lowest BCUT2D eigenvalue weighted by atomic mass is 10.1. The highest BCUT2D eigenvalue weighted by atomic mass is 16.6. The molecule has 0 aromatic heterocycles. The van der Waals surface area contributed by atoms with E-state index in [9.17, 15) is 4.79 Å². The van der Waals surface area contributed by atoms with Crippen LogP contribution in [0.4, 0.5) is 0 Å². The first-order valence-corrected chi connectivity index (χ1v) is 8.89. The van der Waals surface area contributed by atoms with Crippen molar-refractivity contribution in [3.8, 4) is 5.75 Å². The van der Waals surface area contributed by atoms with Gasteiger partial charge in [-0.3, -0.25) is 4.79 Å². The molecule has 132 valence electrons. The molecule has 1 aliphatic rings. The molecule has 2 aromatic rings. The van der Waals surface area contributed by atoms with Gasteiger partial charge in [-0.25, -0.2) is 0 Å². The molecule has 0 amide bonds. The molecule has 3 rings (SSSR count). The zero-order valence-electron chi connectivity index (χ0n) is 15.2. The number of rotatable bonds is 6. The number of benzene rings is 2. The molecule has 0 unspecified atom stereocenters. The Hall–Kier alpha value is -2.29. The van der Waals surface area contributed by atoms with Crippen LogP contribution in [0, 0.1) is 11.8 Å². The first-order valence-electron chi connectivity index (χ1n) is 8.89. The second-order valence-corrected chi connectivity index (χ2v) is 7.76. The van der Waals surface area contributed by atoms with Crippen LogP contribution < -0.4 is 4.74 Å². The fourth-order valence-corrected chi connectivity index (χ4v) is 2.90. The van der Waals surface area contributed by atoms with Crippen molar-refractivity contribution in [3.63, 3.8) is 0 Å². The molecular weight excluding hydrogens is 312 g/mol. The van der Waals surface area contributed by atoms with Crippen LogP contribution in [-0.4, -0.2) is 11.6 Å². The minimum absolute atomic E-state index is 0.0553. The molecule has 2 aromatic carbocycles. The summed E-state index contributed by atoms with van der Waals surface area (Å²) < 4.78 is 11.3. The number of esters is 1. The van der Waals surface area contributed by atoms with Crippen molar-refractivity contribution in [2.45, 2.75) is 45.8 Å². The number of ether oxygens (including phenoxy) is 2. The van der Waals surface area contributed by atoms with Gasteiger partial charge in [0.25, 0.3) is 0 Å². The van der Waals surface area contributed by atoms with Crippen molar-refractivity contribution < 1.29 is 14.3 Å². The molecule has 3 nitrogen and oxygen atoms in total. The molecular formula is C22H26O3. The fraction of sp³-hybridized carbons (Fsp3) is 0.409. The van der Waals surface area contributed by atoms with Gasteiger partial charge in [0.1, 0.15) is 18.0 Å². The van der Waals surface area contributed by atoms with Gasteiger partial charge in [-0.05, 0) is 62.8 Å². The number of carbonyl (C=O) groups excluding carboxylic acids is 1. The Labute approximate surface area is 150 Å². The van der Waals surface area contributed by atoms with Crippen LogP contribution in [0.1, 0.15) is 38.3 Å². The Morgan fingerprint density at radius 3 is 2.32 bits per heavy atom. The van der Waals surface area contributed by atoms with Crippen molar-refractivity contribution in [1.29, 1.82) is 0 Å². The van der Waals surface area contributed by atoms with Crippen LogP contribution >= 0.6 is 0 Å². The van der Waals surface area contributed by atoms with Gasteiger partial charge < -0.3 is 9.47 Å². The Morgan fingerprint density at radius 2 is 1.68 bits per heavy atom. The van der Waals surface area contributed by atoms with E-state index in [-0.39, 0.29) is 11.9 Å². The predicted octanol–water partition coefficient (Wildman–Crippen LogP) is 4.79. The summed E-state index contributed by atoms with van der Waals surface area (Å²) in [5.74, 6) is 1.28. The van der Waals surface area contributed by atoms with Gasteiger partial charge in [-0.2, -0.15) is 0 Å². The summed E-state index contributed by atoms with van der Waals surface area (Å²) in [4.78, 5) is 12.1. The molecule has 1 fully saturated rings. The maximum atomic E-state index is 12.1. The second kappa shape index (κ2) is 7.30. The summed E-state index contributed by atoms with van der Waals surface area (Å²) in [7, 11) is 0. The Balaban J connectivity index is 1.46. The Morgan fingerprint density at radius 1 is 1.00 bits per heavy atom. The van der Waals surface area contributed by atoms with E-state index in [0.29, 0.717) is 12.5 Å². The maximum Gasteiger partial charge on any atom is 0.309 e. The van der Waals surface area contributed by atoms with Gasteiger partial charge in [0, 0.05) is 0 Å². The molecule has 0 saturated heterocycles. The van der Waals surface area contributed by atoms with Crippen LogP contribution in [0.3, 0.4) is 0 Å². The quantitative estimate of drug-likeness (QED) is 0.711. The molecule has 3 heteroatoms. The van der Waals surface area contributed by atoms with E-state index >= 15 is 0 Å². The molecule has 0 N–H and O–H groups in total. The topological polar surface area (TPSA) is 35.5 Å². The maximum absolute atomic E-state index is 12.1. The summed E-state index contributed by atoms with van der Waals surface area (Å²) in [5.41, 5.74) is 2.00. The Kier molecular flexibility index (Phi) is 5.12. The van der Waals surface area contributed by atoms with Crippen molar-refractivity contribution in [1.82, 2.24) is 0 Å². The molecule has 1 saturated carbocycles. The van der Waals surface area contributed by atoms with Crippen LogP contribution in [0.5, 0.6) is 5.75 Å². The number of hydrogen-bond donors (Lipinski definition) is 0.